The van der Waals surface area contributed by atoms with Crippen molar-refractivity contribution in [3.05, 3.63) is 114 Å². The van der Waals surface area contributed by atoms with E-state index < -0.39 is 0 Å². The van der Waals surface area contributed by atoms with E-state index in [4.69, 9.17) is 24.3 Å². The minimum absolute atomic E-state index is 0.446. The quantitative estimate of drug-likeness (QED) is 0.362. The molecule has 0 fully saturated rings. The largest absolute Gasteiger partial charge is 0.494 e. The molecular formula is C29H26N4O3. The van der Waals surface area contributed by atoms with E-state index in [1.165, 1.54) is 0 Å². The average molecular weight is 479 g/mol. The van der Waals surface area contributed by atoms with Crippen molar-refractivity contribution in [1.29, 1.82) is 0 Å². The lowest BCUT2D eigenvalue weighted by molar-refractivity contribution is 0.284. The molecule has 0 atom stereocenters. The molecule has 3 aromatic carbocycles. The maximum Gasteiger partial charge on any atom is 0.161 e. The molecule has 1 aromatic heterocycles. The van der Waals surface area contributed by atoms with Crippen molar-refractivity contribution < 1.29 is 14.2 Å². The lowest BCUT2D eigenvalue weighted by Gasteiger charge is -2.14. The van der Waals surface area contributed by atoms with Crippen LogP contribution in [0.25, 0.3) is 0 Å². The van der Waals surface area contributed by atoms with Gasteiger partial charge < -0.3 is 14.2 Å². The number of fused-ring (bicyclic) bond motifs is 1. The summed E-state index contributed by atoms with van der Waals surface area (Å²) in [7, 11) is 1.63. The van der Waals surface area contributed by atoms with Crippen LogP contribution in [0.4, 0.5) is 5.69 Å². The molecule has 2 heterocycles. The molecule has 5 rings (SSSR count). The molecule has 7 heteroatoms. The SMILES string of the molecule is CCOc1ccc2c(c1)C(c1ccc(OCc3ccccc3)c(OC)c1)=NNC(c1cccnc1)=N2. The number of amidine groups is 1. The zero-order valence-electron chi connectivity index (χ0n) is 20.1. The minimum atomic E-state index is 0.446. The van der Waals surface area contributed by atoms with E-state index in [1.54, 1.807) is 19.5 Å². The highest BCUT2D eigenvalue weighted by molar-refractivity contribution is 6.18. The second-order valence-electron chi connectivity index (χ2n) is 8.03. The van der Waals surface area contributed by atoms with Gasteiger partial charge in [0.2, 0.25) is 0 Å². The second-order valence-corrected chi connectivity index (χ2v) is 8.03. The van der Waals surface area contributed by atoms with Crippen LogP contribution in [0.3, 0.4) is 0 Å². The summed E-state index contributed by atoms with van der Waals surface area (Å²) < 4.78 is 17.5. The first-order valence-corrected chi connectivity index (χ1v) is 11.7. The summed E-state index contributed by atoms with van der Waals surface area (Å²) in [4.78, 5) is 9.06. The molecule has 0 saturated carbocycles. The maximum absolute atomic E-state index is 6.05. The number of nitrogens with one attached hydrogen (secondary N) is 1. The fraction of sp³-hybridized carbons (Fsp3) is 0.138. The molecule has 1 aliphatic rings. The predicted octanol–water partition coefficient (Wildman–Crippen LogP) is 5.50. The monoisotopic (exact) mass is 478 g/mol. The van der Waals surface area contributed by atoms with Crippen molar-refractivity contribution in [2.75, 3.05) is 13.7 Å². The molecule has 0 radical (unpaired) electrons. The predicted molar refractivity (Wildman–Crippen MR) is 141 cm³/mol. The van der Waals surface area contributed by atoms with Crippen LogP contribution in [0, 0.1) is 0 Å². The Balaban J connectivity index is 1.52. The number of hydrazone groups is 1. The Bertz CT molecular complexity index is 1400. The highest BCUT2D eigenvalue weighted by atomic mass is 16.5. The van der Waals surface area contributed by atoms with Crippen molar-refractivity contribution in [3.63, 3.8) is 0 Å². The molecule has 1 aliphatic heterocycles. The van der Waals surface area contributed by atoms with Crippen molar-refractivity contribution in [2.24, 2.45) is 10.1 Å². The number of methoxy groups -OCH3 is 1. The van der Waals surface area contributed by atoms with E-state index in [-0.39, 0.29) is 0 Å². The number of ether oxygens (including phenoxy) is 3. The van der Waals surface area contributed by atoms with Gasteiger partial charge in [-0.1, -0.05) is 30.3 Å². The number of aliphatic imine (C=N–C) groups is 1. The first kappa shape index (κ1) is 23.1. The molecule has 0 aliphatic carbocycles. The number of pyridine rings is 1. The van der Waals surface area contributed by atoms with Crippen LogP contribution in [0.15, 0.2) is 101 Å². The molecular weight excluding hydrogens is 452 g/mol. The highest BCUT2D eigenvalue weighted by Crippen LogP contribution is 2.33. The van der Waals surface area contributed by atoms with Crippen molar-refractivity contribution in [1.82, 2.24) is 10.4 Å². The number of aromatic nitrogens is 1. The molecule has 0 saturated heterocycles. The molecule has 4 aromatic rings. The highest BCUT2D eigenvalue weighted by Gasteiger charge is 2.20. The van der Waals surface area contributed by atoms with Crippen molar-refractivity contribution in [3.8, 4) is 17.2 Å². The first-order valence-electron chi connectivity index (χ1n) is 11.7. The van der Waals surface area contributed by atoms with E-state index >= 15 is 0 Å². The van der Waals surface area contributed by atoms with Crippen LogP contribution in [0.1, 0.15) is 29.2 Å². The summed E-state index contributed by atoms with van der Waals surface area (Å²) in [5.74, 6) is 2.63. The van der Waals surface area contributed by atoms with Crippen LogP contribution in [0.5, 0.6) is 17.2 Å². The number of nitrogens with zero attached hydrogens (tertiary/aromatic N) is 3. The van der Waals surface area contributed by atoms with Crippen LogP contribution in [0.2, 0.25) is 0 Å². The van der Waals surface area contributed by atoms with Crippen LogP contribution >= 0.6 is 0 Å². The Morgan fingerprint density at radius 1 is 0.833 bits per heavy atom. The average Bonchev–Trinajstić information content (AvgIpc) is 3.13. The summed E-state index contributed by atoms with van der Waals surface area (Å²) in [6.07, 6.45) is 3.48. The van der Waals surface area contributed by atoms with E-state index in [2.05, 4.69) is 10.4 Å². The van der Waals surface area contributed by atoms with Crippen LogP contribution in [-0.4, -0.2) is 30.2 Å². The van der Waals surface area contributed by atoms with Crippen molar-refractivity contribution >= 4 is 17.2 Å². The summed E-state index contributed by atoms with van der Waals surface area (Å²) in [5.41, 5.74) is 8.22. The maximum atomic E-state index is 6.05. The number of benzene rings is 3. The van der Waals surface area contributed by atoms with E-state index in [1.807, 2.05) is 85.8 Å². The van der Waals surface area contributed by atoms with E-state index in [0.29, 0.717) is 36.3 Å². The smallest absolute Gasteiger partial charge is 0.161 e. The third kappa shape index (κ3) is 5.05. The number of rotatable bonds is 8. The van der Waals surface area contributed by atoms with E-state index in [9.17, 15) is 0 Å². The van der Waals surface area contributed by atoms with E-state index in [0.717, 1.165) is 33.7 Å². The second kappa shape index (κ2) is 10.7. The van der Waals surface area contributed by atoms with Gasteiger partial charge in [-0.3, -0.25) is 10.4 Å². The van der Waals surface area contributed by atoms with Gasteiger partial charge in [0.1, 0.15) is 18.1 Å². The van der Waals surface area contributed by atoms with Crippen molar-refractivity contribution in [2.45, 2.75) is 13.5 Å². The molecule has 0 amide bonds. The summed E-state index contributed by atoms with van der Waals surface area (Å²) in [6, 6.07) is 25.4. The molecule has 7 nitrogen and oxygen atoms in total. The summed E-state index contributed by atoms with van der Waals surface area (Å²) >= 11 is 0. The molecule has 36 heavy (non-hydrogen) atoms. The van der Waals surface area contributed by atoms with Crippen LogP contribution in [-0.2, 0) is 6.61 Å². The van der Waals surface area contributed by atoms with Gasteiger partial charge in [0.25, 0.3) is 0 Å². The van der Waals surface area contributed by atoms with Gasteiger partial charge >= 0.3 is 0 Å². The van der Waals surface area contributed by atoms with Gasteiger partial charge in [0.05, 0.1) is 19.4 Å². The zero-order chi connectivity index (χ0) is 24.7. The fourth-order valence-corrected chi connectivity index (χ4v) is 3.89. The van der Waals surface area contributed by atoms with Crippen LogP contribution < -0.4 is 19.6 Å². The van der Waals surface area contributed by atoms with Gasteiger partial charge in [-0.15, -0.1) is 0 Å². The normalized spacial score (nSPS) is 12.4. The zero-order valence-corrected chi connectivity index (χ0v) is 20.1. The number of hydrogen-bond acceptors (Lipinski definition) is 7. The lowest BCUT2D eigenvalue weighted by Crippen LogP contribution is -2.19. The van der Waals surface area contributed by atoms with Gasteiger partial charge in [-0.05, 0) is 61.0 Å². The van der Waals surface area contributed by atoms with Gasteiger partial charge in [-0.2, -0.15) is 5.10 Å². The Hall–Kier alpha value is -4.65. The Labute approximate surface area is 210 Å². The molecule has 0 bridgehead atoms. The van der Waals surface area contributed by atoms with Gasteiger partial charge in [0, 0.05) is 29.1 Å². The first-order chi connectivity index (χ1) is 17.7. The third-order valence-corrected chi connectivity index (χ3v) is 5.65. The van der Waals surface area contributed by atoms with Gasteiger partial charge in [0.15, 0.2) is 17.3 Å². The topological polar surface area (TPSA) is 77.3 Å². The third-order valence-electron chi connectivity index (χ3n) is 5.65. The Kier molecular flexibility index (Phi) is 6.89. The standard InChI is InChI=1S/C29H26N4O3/c1-3-35-23-12-13-25-24(17-23)28(32-33-29(31-25)22-10-7-15-30-18-22)21-11-14-26(27(16-21)34-2)36-19-20-8-5-4-6-9-20/h4-18H,3,19H2,1-2H3,(H,31,33). The fourth-order valence-electron chi connectivity index (χ4n) is 3.89. The Morgan fingerprint density at radius 3 is 2.50 bits per heavy atom. The summed E-state index contributed by atoms with van der Waals surface area (Å²) in [6.45, 7) is 2.97. The number of hydrogen-bond donors (Lipinski definition) is 1. The van der Waals surface area contributed by atoms with Gasteiger partial charge in [-0.25, -0.2) is 4.99 Å². The molecule has 0 spiro atoms. The molecule has 180 valence electrons. The molecule has 1 N–H and O–H groups in total. The summed E-state index contributed by atoms with van der Waals surface area (Å²) in [5, 5.41) is 4.75. The minimum Gasteiger partial charge on any atom is -0.494 e. The lowest BCUT2D eigenvalue weighted by atomic mass is 10.00. The Morgan fingerprint density at radius 2 is 1.72 bits per heavy atom. The molecule has 0 unspecified atom stereocenters.